The summed E-state index contributed by atoms with van der Waals surface area (Å²) < 4.78 is 1.91. The van der Waals surface area contributed by atoms with Crippen LogP contribution in [0, 0.1) is 0 Å². The number of rotatable bonds is 4. The number of carbonyl (C=O) groups is 1. The van der Waals surface area contributed by atoms with Crippen LogP contribution in [0.1, 0.15) is 43.8 Å². The van der Waals surface area contributed by atoms with Crippen molar-refractivity contribution in [3.8, 4) is 0 Å². The summed E-state index contributed by atoms with van der Waals surface area (Å²) in [6.45, 7) is 4.27. The molecule has 2 amide bonds. The van der Waals surface area contributed by atoms with Crippen molar-refractivity contribution in [2.24, 2.45) is 0 Å². The lowest BCUT2D eigenvalue weighted by Gasteiger charge is -2.38. The van der Waals surface area contributed by atoms with Gasteiger partial charge in [0, 0.05) is 31.7 Å². The zero-order valence-corrected chi connectivity index (χ0v) is 10.7. The number of aromatic nitrogens is 3. The summed E-state index contributed by atoms with van der Waals surface area (Å²) in [4.78, 5) is 13.5. The zero-order valence-electron chi connectivity index (χ0n) is 10.7. The van der Waals surface area contributed by atoms with E-state index in [1.54, 1.807) is 0 Å². The second-order valence-corrected chi connectivity index (χ2v) is 5.19. The molecule has 18 heavy (non-hydrogen) atoms. The average Bonchev–Trinajstić information content (AvgIpc) is 3.05. The molecule has 0 radical (unpaired) electrons. The third-order valence-electron chi connectivity index (χ3n) is 3.57. The Morgan fingerprint density at radius 3 is 2.94 bits per heavy atom. The van der Waals surface area contributed by atoms with Crippen molar-refractivity contribution in [2.75, 3.05) is 19.6 Å². The van der Waals surface area contributed by atoms with E-state index in [-0.39, 0.29) is 6.03 Å². The maximum atomic E-state index is 11.7. The van der Waals surface area contributed by atoms with E-state index in [9.17, 15) is 4.79 Å². The summed E-state index contributed by atoms with van der Waals surface area (Å²) in [5.41, 5.74) is 1.11. The Hall–Kier alpha value is -1.59. The van der Waals surface area contributed by atoms with E-state index in [1.165, 1.54) is 12.8 Å². The molecule has 0 bridgehead atoms. The Balaban J connectivity index is 1.50. The molecule has 1 saturated heterocycles. The summed E-state index contributed by atoms with van der Waals surface area (Å²) in [5.74, 6) is 0.641. The van der Waals surface area contributed by atoms with Crippen LogP contribution in [0.4, 0.5) is 4.79 Å². The van der Waals surface area contributed by atoms with Crippen LogP contribution in [-0.4, -0.2) is 45.6 Å². The smallest absolute Gasteiger partial charge is 0.317 e. The fourth-order valence-corrected chi connectivity index (χ4v) is 2.17. The molecule has 2 fully saturated rings. The highest BCUT2D eigenvalue weighted by molar-refractivity contribution is 5.75. The fraction of sp³-hybridized carbons (Fsp3) is 0.750. The number of hydrogen-bond acceptors (Lipinski definition) is 3. The first-order valence-corrected chi connectivity index (χ1v) is 6.72. The molecule has 0 atom stereocenters. The monoisotopic (exact) mass is 249 g/mol. The van der Waals surface area contributed by atoms with E-state index in [0.29, 0.717) is 12.0 Å². The Labute approximate surface area is 106 Å². The lowest BCUT2D eigenvalue weighted by Crippen LogP contribution is -2.54. The second kappa shape index (κ2) is 4.59. The van der Waals surface area contributed by atoms with E-state index in [0.717, 1.165) is 31.7 Å². The summed E-state index contributed by atoms with van der Waals surface area (Å²) in [7, 11) is 0. The van der Waals surface area contributed by atoms with Gasteiger partial charge in [0.05, 0.1) is 11.7 Å². The van der Waals surface area contributed by atoms with Crippen LogP contribution in [0.25, 0.3) is 0 Å². The molecule has 2 aliphatic rings. The van der Waals surface area contributed by atoms with Crippen LogP contribution in [0.15, 0.2) is 6.20 Å². The molecule has 1 aromatic heterocycles. The van der Waals surface area contributed by atoms with Crippen LogP contribution in [0.3, 0.4) is 0 Å². The molecule has 98 valence electrons. The van der Waals surface area contributed by atoms with Gasteiger partial charge in [-0.1, -0.05) is 12.1 Å². The van der Waals surface area contributed by atoms with Gasteiger partial charge in [0.15, 0.2) is 0 Å². The van der Waals surface area contributed by atoms with Crippen LogP contribution >= 0.6 is 0 Å². The lowest BCUT2D eigenvalue weighted by atomic mass is 10.1. The van der Waals surface area contributed by atoms with Gasteiger partial charge in [-0.25, -0.2) is 9.48 Å². The summed E-state index contributed by atoms with van der Waals surface area (Å²) >= 11 is 0. The van der Waals surface area contributed by atoms with Gasteiger partial charge >= 0.3 is 6.03 Å². The first-order valence-electron chi connectivity index (χ1n) is 6.72. The number of carbonyl (C=O) groups excluding carboxylic acids is 1. The van der Waals surface area contributed by atoms with Gasteiger partial charge in [-0.2, -0.15) is 0 Å². The number of amides is 2. The van der Waals surface area contributed by atoms with Crippen molar-refractivity contribution in [3.05, 3.63) is 11.9 Å². The van der Waals surface area contributed by atoms with E-state index in [4.69, 9.17) is 0 Å². The molecule has 0 unspecified atom stereocenters. The maximum absolute atomic E-state index is 11.7. The molecule has 6 nitrogen and oxygen atoms in total. The SMILES string of the molecule is CCCNC(=O)N1CC(n2cc(C3CC3)nn2)C1. The highest BCUT2D eigenvalue weighted by Gasteiger charge is 2.34. The maximum Gasteiger partial charge on any atom is 0.317 e. The van der Waals surface area contributed by atoms with E-state index < -0.39 is 0 Å². The average molecular weight is 249 g/mol. The standard InChI is InChI=1S/C12H19N5O/c1-2-5-13-12(18)16-6-10(7-16)17-8-11(14-15-17)9-3-4-9/h8-10H,2-7H2,1H3,(H,13,18). The van der Waals surface area contributed by atoms with Crippen LogP contribution in [-0.2, 0) is 0 Å². The summed E-state index contributed by atoms with van der Waals surface area (Å²) in [6, 6.07) is 0.341. The van der Waals surface area contributed by atoms with Gasteiger partial charge in [-0.05, 0) is 19.3 Å². The molecule has 6 heteroatoms. The van der Waals surface area contributed by atoms with Crippen molar-refractivity contribution in [2.45, 2.75) is 38.1 Å². The number of likely N-dealkylation sites (tertiary alicyclic amines) is 1. The first kappa shape index (κ1) is 11.5. The van der Waals surface area contributed by atoms with Crippen LogP contribution in [0.5, 0.6) is 0 Å². The second-order valence-electron chi connectivity index (χ2n) is 5.19. The summed E-state index contributed by atoms with van der Waals surface area (Å²) in [6.07, 6.45) is 5.50. The van der Waals surface area contributed by atoms with Crippen molar-refractivity contribution in [1.82, 2.24) is 25.2 Å². The highest BCUT2D eigenvalue weighted by atomic mass is 16.2. The minimum absolute atomic E-state index is 0.0376. The minimum atomic E-state index is 0.0376. The molecule has 2 heterocycles. The van der Waals surface area contributed by atoms with Gasteiger partial charge < -0.3 is 10.2 Å². The molecule has 1 saturated carbocycles. The molecule has 1 aliphatic carbocycles. The molecule has 1 N–H and O–H groups in total. The Morgan fingerprint density at radius 2 is 2.28 bits per heavy atom. The molecule has 0 aromatic carbocycles. The molecule has 1 aliphatic heterocycles. The lowest BCUT2D eigenvalue weighted by molar-refractivity contribution is 0.117. The quantitative estimate of drug-likeness (QED) is 0.870. The Kier molecular flexibility index (Phi) is 2.93. The van der Waals surface area contributed by atoms with Crippen molar-refractivity contribution < 1.29 is 4.79 Å². The molecular weight excluding hydrogens is 230 g/mol. The predicted molar refractivity (Wildman–Crippen MR) is 66.3 cm³/mol. The highest BCUT2D eigenvalue weighted by Crippen LogP contribution is 2.39. The summed E-state index contributed by atoms with van der Waals surface area (Å²) in [5, 5.41) is 11.2. The van der Waals surface area contributed by atoms with Gasteiger partial charge in [-0.3, -0.25) is 0 Å². The normalized spacial score (nSPS) is 19.7. The van der Waals surface area contributed by atoms with Gasteiger partial charge in [0.25, 0.3) is 0 Å². The number of hydrogen-bond donors (Lipinski definition) is 1. The molecule has 1 aromatic rings. The third kappa shape index (κ3) is 2.19. The van der Waals surface area contributed by atoms with Gasteiger partial charge in [0.2, 0.25) is 0 Å². The third-order valence-corrected chi connectivity index (χ3v) is 3.57. The Bertz CT molecular complexity index is 433. The number of nitrogens with one attached hydrogen (secondary N) is 1. The molecule has 0 spiro atoms. The Morgan fingerprint density at radius 1 is 1.50 bits per heavy atom. The largest absolute Gasteiger partial charge is 0.338 e. The van der Waals surface area contributed by atoms with Gasteiger partial charge in [0.1, 0.15) is 0 Å². The minimum Gasteiger partial charge on any atom is -0.338 e. The van der Waals surface area contributed by atoms with Crippen molar-refractivity contribution in [1.29, 1.82) is 0 Å². The number of nitrogens with zero attached hydrogens (tertiary/aromatic N) is 4. The van der Waals surface area contributed by atoms with Crippen LogP contribution in [0.2, 0.25) is 0 Å². The van der Waals surface area contributed by atoms with E-state index in [2.05, 4.69) is 15.6 Å². The number of urea groups is 1. The predicted octanol–water partition coefficient (Wildman–Crippen LogP) is 1.13. The zero-order chi connectivity index (χ0) is 12.5. The van der Waals surface area contributed by atoms with E-state index >= 15 is 0 Å². The topological polar surface area (TPSA) is 63.1 Å². The molecular formula is C12H19N5O. The molecule has 3 rings (SSSR count). The van der Waals surface area contributed by atoms with Gasteiger partial charge in [-0.15, -0.1) is 5.10 Å². The first-order chi connectivity index (χ1) is 8.78. The van der Waals surface area contributed by atoms with Crippen molar-refractivity contribution in [3.63, 3.8) is 0 Å². The van der Waals surface area contributed by atoms with Crippen LogP contribution < -0.4 is 5.32 Å². The van der Waals surface area contributed by atoms with E-state index in [1.807, 2.05) is 22.7 Å². The van der Waals surface area contributed by atoms with Crippen molar-refractivity contribution >= 4 is 6.03 Å². The fourth-order valence-electron chi connectivity index (χ4n) is 2.17.